The van der Waals surface area contributed by atoms with Gasteiger partial charge in [0, 0.05) is 11.6 Å². The molecule has 0 atom stereocenters. The summed E-state index contributed by atoms with van der Waals surface area (Å²) in [6.45, 7) is 7.94. The number of carbonyl (C=O) groups excluding carboxylic acids is 1. The van der Waals surface area contributed by atoms with E-state index in [1.165, 1.54) is 6.26 Å². The second-order valence-electron chi connectivity index (χ2n) is 4.17. The van der Waals surface area contributed by atoms with Crippen molar-refractivity contribution in [3.63, 3.8) is 0 Å². The molecular formula is C15H21N3O2. The zero-order chi connectivity index (χ0) is 15.0. The molecule has 1 aromatic carbocycles. The van der Waals surface area contributed by atoms with E-state index in [1.54, 1.807) is 0 Å². The van der Waals surface area contributed by atoms with Crippen molar-refractivity contribution in [3.05, 3.63) is 42.5 Å². The van der Waals surface area contributed by atoms with E-state index in [0.29, 0.717) is 11.7 Å². The summed E-state index contributed by atoms with van der Waals surface area (Å²) >= 11 is 0. The van der Waals surface area contributed by atoms with Crippen LogP contribution in [-0.2, 0) is 0 Å². The number of benzene rings is 1. The number of hydrogen-bond donors (Lipinski definition) is 2. The monoisotopic (exact) mass is 275 g/mol. The second-order valence-corrected chi connectivity index (χ2v) is 4.17. The zero-order valence-electron chi connectivity index (χ0n) is 12.3. The maximum absolute atomic E-state index is 11.7. The van der Waals surface area contributed by atoms with E-state index in [4.69, 9.17) is 4.42 Å². The summed E-state index contributed by atoms with van der Waals surface area (Å²) in [6, 6.07) is 8.86. The lowest BCUT2D eigenvalue weighted by Crippen LogP contribution is -2.19. The molecule has 2 aromatic rings. The summed E-state index contributed by atoms with van der Waals surface area (Å²) in [6.07, 6.45) is 1.43. The van der Waals surface area contributed by atoms with Crippen LogP contribution in [0.4, 0.5) is 16.3 Å². The first-order valence-corrected chi connectivity index (χ1v) is 6.73. The van der Waals surface area contributed by atoms with E-state index in [9.17, 15) is 4.79 Å². The maximum Gasteiger partial charge on any atom is 0.324 e. The third-order valence-corrected chi connectivity index (χ3v) is 2.29. The highest BCUT2D eigenvalue weighted by molar-refractivity contribution is 5.98. The van der Waals surface area contributed by atoms with E-state index in [2.05, 4.69) is 15.6 Å². The van der Waals surface area contributed by atoms with Crippen molar-refractivity contribution in [1.82, 2.24) is 4.98 Å². The molecule has 0 saturated carbocycles. The quantitative estimate of drug-likeness (QED) is 0.868. The summed E-state index contributed by atoms with van der Waals surface area (Å²) in [5, 5.41) is 5.31. The molecular weight excluding hydrogens is 254 g/mol. The van der Waals surface area contributed by atoms with Gasteiger partial charge in [-0.15, -0.1) is 0 Å². The summed E-state index contributed by atoms with van der Waals surface area (Å²) in [7, 11) is 0. The molecule has 0 bridgehead atoms. The van der Waals surface area contributed by atoms with Crippen LogP contribution in [0.3, 0.4) is 0 Å². The highest BCUT2D eigenvalue weighted by atomic mass is 16.3. The lowest BCUT2D eigenvalue weighted by molar-refractivity contribution is 0.262. The highest BCUT2D eigenvalue weighted by Crippen LogP contribution is 2.16. The van der Waals surface area contributed by atoms with Gasteiger partial charge in [-0.3, -0.25) is 5.32 Å². The minimum atomic E-state index is -0.343. The Hall–Kier alpha value is -2.30. The molecule has 1 aromatic heterocycles. The number of aromatic nitrogens is 1. The number of hydrogen-bond acceptors (Lipinski definition) is 3. The van der Waals surface area contributed by atoms with Crippen LogP contribution in [-0.4, -0.2) is 11.0 Å². The molecule has 2 N–H and O–H groups in total. The number of anilines is 2. The van der Waals surface area contributed by atoms with Gasteiger partial charge in [0.15, 0.2) is 11.7 Å². The maximum atomic E-state index is 11.7. The van der Waals surface area contributed by atoms with E-state index in [1.807, 2.05) is 58.0 Å². The van der Waals surface area contributed by atoms with Crippen LogP contribution in [0.25, 0.3) is 0 Å². The Balaban J connectivity index is 0.000000956. The van der Waals surface area contributed by atoms with E-state index >= 15 is 0 Å². The van der Waals surface area contributed by atoms with Gasteiger partial charge in [-0.1, -0.05) is 45.9 Å². The fraction of sp³-hybridized carbons (Fsp3) is 0.333. The average Bonchev–Trinajstić information content (AvgIpc) is 2.90. The van der Waals surface area contributed by atoms with Crippen molar-refractivity contribution in [2.24, 2.45) is 0 Å². The Kier molecular flexibility index (Phi) is 6.29. The number of carbonyl (C=O) groups is 1. The lowest BCUT2D eigenvalue weighted by atomic mass is 10.2. The van der Waals surface area contributed by atoms with Gasteiger partial charge in [0.25, 0.3) is 0 Å². The van der Waals surface area contributed by atoms with Crippen LogP contribution in [0.2, 0.25) is 0 Å². The van der Waals surface area contributed by atoms with E-state index < -0.39 is 0 Å². The first-order valence-electron chi connectivity index (χ1n) is 6.73. The zero-order valence-corrected chi connectivity index (χ0v) is 12.3. The predicted octanol–water partition coefficient (Wildman–Crippen LogP) is 4.47. The molecule has 0 aliphatic carbocycles. The molecule has 0 spiro atoms. The van der Waals surface area contributed by atoms with Crippen LogP contribution >= 0.6 is 0 Å². The van der Waals surface area contributed by atoms with Gasteiger partial charge in [-0.05, 0) is 12.1 Å². The molecule has 0 aliphatic rings. The Bertz CT molecular complexity index is 521. The number of nitrogens with zero attached hydrogens (tertiary/aromatic N) is 1. The Morgan fingerprint density at radius 1 is 1.15 bits per heavy atom. The average molecular weight is 275 g/mol. The van der Waals surface area contributed by atoms with Gasteiger partial charge in [-0.2, -0.15) is 4.98 Å². The van der Waals surface area contributed by atoms with Gasteiger partial charge < -0.3 is 9.73 Å². The SMILES string of the molecule is CC.CC(C)c1nc(NC(=O)Nc2ccccc2)co1. The molecule has 108 valence electrons. The van der Waals surface area contributed by atoms with Gasteiger partial charge in [0.2, 0.25) is 0 Å². The van der Waals surface area contributed by atoms with Gasteiger partial charge in [-0.25, -0.2) is 4.79 Å². The molecule has 0 aliphatic heterocycles. The first kappa shape index (κ1) is 15.8. The number of amides is 2. The summed E-state index contributed by atoms with van der Waals surface area (Å²) in [5.74, 6) is 1.20. The number of para-hydroxylation sites is 1. The van der Waals surface area contributed by atoms with Crippen LogP contribution in [0.5, 0.6) is 0 Å². The minimum absolute atomic E-state index is 0.192. The molecule has 20 heavy (non-hydrogen) atoms. The predicted molar refractivity (Wildman–Crippen MR) is 81.0 cm³/mol. The summed E-state index contributed by atoms with van der Waals surface area (Å²) < 4.78 is 5.22. The fourth-order valence-corrected chi connectivity index (χ4v) is 1.41. The van der Waals surface area contributed by atoms with Crippen LogP contribution < -0.4 is 10.6 Å². The molecule has 2 rings (SSSR count). The highest BCUT2D eigenvalue weighted by Gasteiger charge is 2.09. The smallest absolute Gasteiger partial charge is 0.324 e. The van der Waals surface area contributed by atoms with E-state index in [0.717, 1.165) is 5.69 Å². The third-order valence-electron chi connectivity index (χ3n) is 2.29. The standard InChI is InChI=1S/C13H15N3O2.C2H6/c1-9(2)12-15-11(8-18-12)16-13(17)14-10-6-4-3-5-7-10;1-2/h3-9H,1-2H3,(H2,14,16,17);1-2H3. The lowest BCUT2D eigenvalue weighted by Gasteiger charge is -2.04. The Morgan fingerprint density at radius 3 is 2.35 bits per heavy atom. The normalized spacial score (nSPS) is 9.65. The fourth-order valence-electron chi connectivity index (χ4n) is 1.41. The van der Waals surface area contributed by atoms with Gasteiger partial charge in [0.05, 0.1) is 0 Å². The minimum Gasteiger partial charge on any atom is -0.446 e. The molecule has 0 unspecified atom stereocenters. The van der Waals surface area contributed by atoms with Crippen molar-refractivity contribution in [2.45, 2.75) is 33.6 Å². The molecule has 0 radical (unpaired) electrons. The van der Waals surface area contributed by atoms with Crippen molar-refractivity contribution in [3.8, 4) is 0 Å². The van der Waals surface area contributed by atoms with Gasteiger partial charge in [0.1, 0.15) is 6.26 Å². The molecule has 5 nitrogen and oxygen atoms in total. The van der Waals surface area contributed by atoms with Crippen molar-refractivity contribution >= 4 is 17.5 Å². The molecule has 1 heterocycles. The van der Waals surface area contributed by atoms with Crippen LogP contribution in [0.1, 0.15) is 39.5 Å². The third kappa shape index (κ3) is 4.76. The number of oxazole rings is 1. The molecule has 5 heteroatoms. The Labute approximate surface area is 119 Å². The summed E-state index contributed by atoms with van der Waals surface area (Å²) in [4.78, 5) is 15.8. The van der Waals surface area contributed by atoms with Crippen LogP contribution in [0.15, 0.2) is 41.0 Å². The first-order chi connectivity index (χ1) is 9.65. The molecule has 0 saturated heterocycles. The van der Waals surface area contributed by atoms with E-state index in [-0.39, 0.29) is 11.9 Å². The molecule has 0 fully saturated rings. The number of nitrogens with one attached hydrogen (secondary N) is 2. The Morgan fingerprint density at radius 2 is 1.80 bits per heavy atom. The largest absolute Gasteiger partial charge is 0.446 e. The van der Waals surface area contributed by atoms with Crippen LogP contribution in [0, 0.1) is 0 Å². The second kappa shape index (κ2) is 7.99. The van der Waals surface area contributed by atoms with Crippen molar-refractivity contribution < 1.29 is 9.21 Å². The van der Waals surface area contributed by atoms with Crippen molar-refractivity contribution in [2.75, 3.05) is 10.6 Å². The van der Waals surface area contributed by atoms with Crippen molar-refractivity contribution in [1.29, 1.82) is 0 Å². The topological polar surface area (TPSA) is 67.2 Å². The number of urea groups is 1. The molecule has 2 amide bonds. The number of rotatable bonds is 3. The summed E-state index contributed by atoms with van der Waals surface area (Å²) in [5.41, 5.74) is 0.725. The van der Waals surface area contributed by atoms with Gasteiger partial charge >= 0.3 is 6.03 Å².